The van der Waals surface area contributed by atoms with Crippen molar-refractivity contribution < 1.29 is 4.74 Å². The Kier molecular flexibility index (Phi) is 3.71. The summed E-state index contributed by atoms with van der Waals surface area (Å²) in [4.78, 5) is 11.6. The number of methoxy groups -OCH3 is 1. The quantitative estimate of drug-likeness (QED) is 0.833. The summed E-state index contributed by atoms with van der Waals surface area (Å²) in [6.45, 7) is 4.43. The van der Waals surface area contributed by atoms with E-state index in [9.17, 15) is 4.79 Å². The monoisotopic (exact) mass is 266 g/mol. The molecule has 2 aromatic rings. The van der Waals surface area contributed by atoms with Crippen LogP contribution in [-0.4, -0.2) is 27.1 Å². The highest BCUT2D eigenvalue weighted by Gasteiger charge is 2.09. The van der Waals surface area contributed by atoms with Gasteiger partial charge in [-0.25, -0.2) is 4.68 Å². The summed E-state index contributed by atoms with van der Waals surface area (Å²) in [7, 11) is 1.51. The van der Waals surface area contributed by atoms with Crippen LogP contribution in [0.15, 0.2) is 16.9 Å². The van der Waals surface area contributed by atoms with Gasteiger partial charge in [-0.2, -0.15) is 0 Å². The Labute approximate surface area is 108 Å². The van der Waals surface area contributed by atoms with Gasteiger partial charge in [0, 0.05) is 18.1 Å². The summed E-state index contributed by atoms with van der Waals surface area (Å²) in [5, 5.41) is 13.9. The Hall–Kier alpha value is -1.76. The Balaban J connectivity index is 2.24. The van der Waals surface area contributed by atoms with E-state index >= 15 is 0 Å². The molecule has 18 heavy (non-hydrogen) atoms. The van der Waals surface area contributed by atoms with Crippen LogP contribution < -0.4 is 10.3 Å². The highest BCUT2D eigenvalue weighted by Crippen LogP contribution is 2.19. The second-order valence-electron chi connectivity index (χ2n) is 4.06. The maximum Gasteiger partial charge on any atom is 0.267 e. The fourth-order valence-corrected chi connectivity index (χ4v) is 2.17. The number of ether oxygens (including phenoxy) is 1. The first-order valence-electron chi connectivity index (χ1n) is 5.54. The SMILES string of the molecule is COc1ccc(=O)n(Cc2nnc(C(C)C)s2)n1. The molecule has 0 N–H and O–H groups in total. The molecule has 0 fully saturated rings. The summed E-state index contributed by atoms with van der Waals surface area (Å²) < 4.78 is 6.31. The predicted molar refractivity (Wildman–Crippen MR) is 68.1 cm³/mol. The minimum atomic E-state index is -0.183. The summed E-state index contributed by atoms with van der Waals surface area (Å²) in [5.41, 5.74) is -0.183. The molecule has 2 aromatic heterocycles. The van der Waals surface area contributed by atoms with Gasteiger partial charge in [0.25, 0.3) is 5.56 Å². The highest BCUT2D eigenvalue weighted by atomic mass is 32.1. The molecule has 0 aliphatic heterocycles. The molecule has 0 saturated heterocycles. The topological polar surface area (TPSA) is 69.9 Å². The van der Waals surface area contributed by atoms with Crippen LogP contribution in [0.4, 0.5) is 0 Å². The van der Waals surface area contributed by atoms with Crippen molar-refractivity contribution in [3.8, 4) is 5.88 Å². The molecule has 0 spiro atoms. The smallest absolute Gasteiger partial charge is 0.267 e. The number of hydrogen-bond acceptors (Lipinski definition) is 6. The number of nitrogens with zero attached hydrogens (tertiary/aromatic N) is 4. The molecule has 0 radical (unpaired) electrons. The van der Waals surface area contributed by atoms with Crippen molar-refractivity contribution >= 4 is 11.3 Å². The average Bonchev–Trinajstić information content (AvgIpc) is 2.81. The standard InChI is InChI=1S/C11H14N4O2S/c1-7(2)11-13-12-9(18-11)6-15-10(16)5-4-8(14-15)17-3/h4-5,7H,6H2,1-3H3. The normalized spacial score (nSPS) is 10.9. The molecule has 0 aliphatic rings. The third-order valence-electron chi connectivity index (χ3n) is 2.31. The van der Waals surface area contributed by atoms with E-state index in [1.807, 2.05) is 0 Å². The molecule has 0 unspecified atom stereocenters. The molecular formula is C11H14N4O2S. The minimum absolute atomic E-state index is 0.183. The van der Waals surface area contributed by atoms with Crippen molar-refractivity contribution in [1.82, 2.24) is 20.0 Å². The third kappa shape index (κ3) is 2.73. The molecule has 96 valence electrons. The van der Waals surface area contributed by atoms with Gasteiger partial charge in [-0.3, -0.25) is 4.79 Å². The number of aromatic nitrogens is 4. The van der Waals surface area contributed by atoms with Gasteiger partial charge in [0.1, 0.15) is 10.0 Å². The first-order chi connectivity index (χ1) is 8.60. The lowest BCUT2D eigenvalue weighted by Crippen LogP contribution is -2.22. The van der Waals surface area contributed by atoms with E-state index in [1.165, 1.54) is 29.2 Å². The van der Waals surface area contributed by atoms with Crippen molar-refractivity contribution in [3.05, 3.63) is 32.5 Å². The summed E-state index contributed by atoms with van der Waals surface area (Å²) in [6.07, 6.45) is 0. The summed E-state index contributed by atoms with van der Waals surface area (Å²) in [6, 6.07) is 2.97. The van der Waals surface area contributed by atoms with E-state index in [1.54, 1.807) is 6.07 Å². The van der Waals surface area contributed by atoms with Crippen molar-refractivity contribution in [2.24, 2.45) is 0 Å². The highest BCUT2D eigenvalue weighted by molar-refractivity contribution is 7.11. The largest absolute Gasteiger partial charge is 0.480 e. The van der Waals surface area contributed by atoms with Crippen LogP contribution in [-0.2, 0) is 6.54 Å². The van der Waals surface area contributed by atoms with Crippen LogP contribution in [0, 0.1) is 0 Å². The lowest BCUT2D eigenvalue weighted by molar-refractivity contribution is 0.378. The average molecular weight is 266 g/mol. The van der Waals surface area contributed by atoms with Gasteiger partial charge in [0.05, 0.1) is 13.7 Å². The van der Waals surface area contributed by atoms with Gasteiger partial charge in [0.2, 0.25) is 5.88 Å². The molecule has 0 atom stereocenters. The molecule has 2 heterocycles. The third-order valence-corrected chi connectivity index (χ3v) is 3.52. The molecule has 2 rings (SSSR count). The first kappa shape index (κ1) is 12.7. The van der Waals surface area contributed by atoms with E-state index < -0.39 is 0 Å². The van der Waals surface area contributed by atoms with Crippen molar-refractivity contribution in [2.75, 3.05) is 7.11 Å². The van der Waals surface area contributed by atoms with Gasteiger partial charge in [-0.15, -0.1) is 15.3 Å². The van der Waals surface area contributed by atoms with E-state index in [4.69, 9.17) is 4.74 Å². The second kappa shape index (κ2) is 5.26. The lowest BCUT2D eigenvalue weighted by Gasteiger charge is -2.03. The fraction of sp³-hybridized carbons (Fsp3) is 0.455. The number of rotatable bonds is 4. The van der Waals surface area contributed by atoms with E-state index in [2.05, 4.69) is 29.1 Å². The van der Waals surface area contributed by atoms with Gasteiger partial charge < -0.3 is 4.74 Å². The van der Waals surface area contributed by atoms with Crippen molar-refractivity contribution in [1.29, 1.82) is 0 Å². The first-order valence-corrected chi connectivity index (χ1v) is 6.36. The zero-order valence-electron chi connectivity index (χ0n) is 10.5. The van der Waals surface area contributed by atoms with Gasteiger partial charge >= 0.3 is 0 Å². The van der Waals surface area contributed by atoms with Crippen LogP contribution in [0.25, 0.3) is 0 Å². The minimum Gasteiger partial charge on any atom is -0.480 e. The van der Waals surface area contributed by atoms with E-state index in [0.717, 1.165) is 10.0 Å². The molecule has 0 bridgehead atoms. The fourth-order valence-electron chi connectivity index (χ4n) is 1.34. The predicted octanol–water partition coefficient (Wildman–Crippen LogP) is 1.28. The Bertz CT molecular complexity index is 591. The molecule has 0 aliphatic carbocycles. The van der Waals surface area contributed by atoms with E-state index in [0.29, 0.717) is 18.3 Å². The lowest BCUT2D eigenvalue weighted by atomic mass is 10.2. The van der Waals surface area contributed by atoms with Crippen molar-refractivity contribution in [2.45, 2.75) is 26.3 Å². The Morgan fingerprint density at radius 2 is 2.17 bits per heavy atom. The van der Waals surface area contributed by atoms with E-state index in [-0.39, 0.29) is 5.56 Å². The molecule has 0 saturated carbocycles. The second-order valence-corrected chi connectivity index (χ2v) is 5.15. The maximum absolute atomic E-state index is 11.6. The Morgan fingerprint density at radius 1 is 1.39 bits per heavy atom. The number of hydrogen-bond donors (Lipinski definition) is 0. The summed E-state index contributed by atoms with van der Waals surface area (Å²) >= 11 is 1.50. The van der Waals surface area contributed by atoms with Crippen LogP contribution in [0.1, 0.15) is 29.8 Å². The van der Waals surface area contributed by atoms with Crippen LogP contribution in [0.5, 0.6) is 5.88 Å². The molecule has 6 nitrogen and oxygen atoms in total. The Morgan fingerprint density at radius 3 is 2.78 bits per heavy atom. The van der Waals surface area contributed by atoms with Crippen LogP contribution >= 0.6 is 11.3 Å². The van der Waals surface area contributed by atoms with Crippen LogP contribution in [0.2, 0.25) is 0 Å². The zero-order chi connectivity index (χ0) is 13.1. The van der Waals surface area contributed by atoms with Gasteiger partial charge in [-0.1, -0.05) is 25.2 Å². The molecule has 7 heteroatoms. The molecule has 0 amide bonds. The molecular weight excluding hydrogens is 252 g/mol. The van der Waals surface area contributed by atoms with Gasteiger partial charge in [0.15, 0.2) is 0 Å². The zero-order valence-corrected chi connectivity index (χ0v) is 11.3. The maximum atomic E-state index is 11.6. The molecule has 0 aromatic carbocycles. The summed E-state index contributed by atoms with van der Waals surface area (Å²) in [5.74, 6) is 0.745. The van der Waals surface area contributed by atoms with Crippen molar-refractivity contribution in [3.63, 3.8) is 0 Å². The van der Waals surface area contributed by atoms with Crippen LogP contribution in [0.3, 0.4) is 0 Å². The van der Waals surface area contributed by atoms with Gasteiger partial charge in [-0.05, 0) is 0 Å².